The highest BCUT2D eigenvalue weighted by molar-refractivity contribution is 5.73. The summed E-state index contributed by atoms with van der Waals surface area (Å²) in [4.78, 5) is 13.2. The van der Waals surface area contributed by atoms with Gasteiger partial charge in [0, 0.05) is 24.0 Å². The van der Waals surface area contributed by atoms with Crippen molar-refractivity contribution < 1.29 is 27.8 Å². The standard InChI is InChI=1S/C13H11N3O.C2HF3O2/c1-17-12-4-2-10(3-5-12)11-8-14-13-6-7-15-16(13)9-11;3-2(4,5)1(6)7/h2-9H,1H3;(H,6,7). The van der Waals surface area contributed by atoms with Crippen LogP contribution in [0.25, 0.3) is 16.8 Å². The third-order valence-corrected chi connectivity index (χ3v) is 2.91. The van der Waals surface area contributed by atoms with Crippen LogP contribution < -0.4 is 4.74 Å². The van der Waals surface area contributed by atoms with Gasteiger partial charge in [0.2, 0.25) is 0 Å². The first kappa shape index (κ1) is 17.3. The molecule has 2 heterocycles. The zero-order valence-corrected chi connectivity index (χ0v) is 12.4. The quantitative estimate of drug-likeness (QED) is 0.776. The Bertz CT molecular complexity index is 829. The van der Waals surface area contributed by atoms with E-state index in [1.165, 1.54) is 0 Å². The molecule has 24 heavy (non-hydrogen) atoms. The van der Waals surface area contributed by atoms with Crippen LogP contribution in [0, 0.1) is 0 Å². The second-order valence-electron chi connectivity index (χ2n) is 4.51. The minimum atomic E-state index is -5.08. The molecule has 0 spiro atoms. The van der Waals surface area contributed by atoms with Crippen molar-refractivity contribution in [3.05, 3.63) is 48.9 Å². The van der Waals surface area contributed by atoms with Crippen molar-refractivity contribution in [2.75, 3.05) is 7.11 Å². The van der Waals surface area contributed by atoms with Crippen molar-refractivity contribution >= 4 is 11.6 Å². The minimum absolute atomic E-state index is 0.849. The summed E-state index contributed by atoms with van der Waals surface area (Å²) in [5.74, 6) is -1.91. The number of benzene rings is 1. The van der Waals surface area contributed by atoms with Crippen molar-refractivity contribution in [2.45, 2.75) is 6.18 Å². The number of hydrogen-bond donors (Lipinski definition) is 1. The van der Waals surface area contributed by atoms with E-state index in [9.17, 15) is 13.2 Å². The van der Waals surface area contributed by atoms with E-state index >= 15 is 0 Å². The topological polar surface area (TPSA) is 76.7 Å². The van der Waals surface area contributed by atoms with E-state index in [0.717, 1.165) is 22.5 Å². The molecule has 0 aliphatic carbocycles. The molecule has 3 aromatic rings. The summed E-state index contributed by atoms with van der Waals surface area (Å²) in [6.45, 7) is 0. The summed E-state index contributed by atoms with van der Waals surface area (Å²) in [7, 11) is 1.66. The summed E-state index contributed by atoms with van der Waals surface area (Å²) in [5.41, 5.74) is 2.97. The summed E-state index contributed by atoms with van der Waals surface area (Å²) in [6, 6.07) is 9.75. The molecule has 3 rings (SSSR count). The largest absolute Gasteiger partial charge is 0.497 e. The van der Waals surface area contributed by atoms with Crippen LogP contribution in [0.5, 0.6) is 5.75 Å². The number of rotatable bonds is 2. The molecule has 0 saturated heterocycles. The van der Waals surface area contributed by atoms with Crippen molar-refractivity contribution in [3.63, 3.8) is 0 Å². The Morgan fingerprint density at radius 2 is 1.79 bits per heavy atom. The number of halogens is 3. The molecule has 0 fully saturated rings. The number of ether oxygens (including phenoxy) is 1. The predicted molar refractivity (Wildman–Crippen MR) is 78.7 cm³/mol. The SMILES string of the molecule is COc1ccc(-c2cnc3ccnn3c2)cc1.O=C(O)C(F)(F)F. The molecule has 6 nitrogen and oxygen atoms in total. The highest BCUT2D eigenvalue weighted by Crippen LogP contribution is 2.21. The van der Waals surface area contributed by atoms with Crippen LogP contribution in [0.2, 0.25) is 0 Å². The minimum Gasteiger partial charge on any atom is -0.497 e. The van der Waals surface area contributed by atoms with Crippen molar-refractivity contribution in [1.82, 2.24) is 14.6 Å². The first-order valence-electron chi connectivity index (χ1n) is 6.55. The lowest BCUT2D eigenvalue weighted by molar-refractivity contribution is -0.192. The molecule has 0 aliphatic rings. The molecule has 0 aliphatic heterocycles. The van der Waals surface area contributed by atoms with Gasteiger partial charge in [0.25, 0.3) is 0 Å². The van der Waals surface area contributed by atoms with Gasteiger partial charge < -0.3 is 9.84 Å². The fraction of sp³-hybridized carbons (Fsp3) is 0.133. The smallest absolute Gasteiger partial charge is 0.490 e. The molecule has 126 valence electrons. The third-order valence-electron chi connectivity index (χ3n) is 2.91. The number of carbonyl (C=O) groups is 1. The van der Waals surface area contributed by atoms with E-state index in [4.69, 9.17) is 14.6 Å². The van der Waals surface area contributed by atoms with Gasteiger partial charge in [-0.25, -0.2) is 14.3 Å². The highest BCUT2D eigenvalue weighted by atomic mass is 19.4. The summed E-state index contributed by atoms with van der Waals surface area (Å²) in [5, 5.41) is 11.3. The first-order valence-corrected chi connectivity index (χ1v) is 6.55. The lowest BCUT2D eigenvalue weighted by atomic mass is 10.1. The number of carboxylic acid groups (broad SMARTS) is 1. The van der Waals surface area contributed by atoms with Crippen LogP contribution in [0.4, 0.5) is 13.2 Å². The molecular formula is C15H12F3N3O3. The molecule has 0 saturated carbocycles. The van der Waals surface area contributed by atoms with Gasteiger partial charge in [-0.05, 0) is 17.7 Å². The number of carboxylic acids is 1. The fourth-order valence-corrected chi connectivity index (χ4v) is 1.74. The Hall–Kier alpha value is -3.10. The van der Waals surface area contributed by atoms with Gasteiger partial charge in [0.05, 0.1) is 13.3 Å². The number of alkyl halides is 3. The zero-order valence-electron chi connectivity index (χ0n) is 12.4. The van der Waals surface area contributed by atoms with Gasteiger partial charge >= 0.3 is 12.1 Å². The second kappa shape index (κ2) is 6.99. The van der Waals surface area contributed by atoms with Crippen molar-refractivity contribution in [3.8, 4) is 16.9 Å². The average Bonchev–Trinajstić information content (AvgIpc) is 3.02. The lowest BCUT2D eigenvalue weighted by Gasteiger charge is -2.03. The maximum atomic E-state index is 10.6. The highest BCUT2D eigenvalue weighted by Gasteiger charge is 2.38. The van der Waals surface area contributed by atoms with Gasteiger partial charge in [-0.15, -0.1) is 0 Å². The molecule has 0 atom stereocenters. The molecule has 1 N–H and O–H groups in total. The number of methoxy groups -OCH3 is 1. The Morgan fingerprint density at radius 3 is 2.33 bits per heavy atom. The van der Waals surface area contributed by atoms with Crippen LogP contribution >= 0.6 is 0 Å². The molecule has 0 radical (unpaired) electrons. The van der Waals surface area contributed by atoms with E-state index < -0.39 is 12.1 Å². The van der Waals surface area contributed by atoms with Crippen molar-refractivity contribution in [1.29, 1.82) is 0 Å². The predicted octanol–water partition coefficient (Wildman–Crippen LogP) is 3.04. The Kier molecular flexibility index (Phi) is 5.02. The van der Waals surface area contributed by atoms with Crippen LogP contribution in [0.3, 0.4) is 0 Å². The zero-order chi connectivity index (χ0) is 17.7. The monoisotopic (exact) mass is 339 g/mol. The lowest BCUT2D eigenvalue weighted by Crippen LogP contribution is -2.21. The van der Waals surface area contributed by atoms with E-state index in [0.29, 0.717) is 0 Å². The maximum absolute atomic E-state index is 10.6. The second-order valence-corrected chi connectivity index (χ2v) is 4.51. The summed E-state index contributed by atoms with van der Waals surface area (Å²) < 4.78 is 38.6. The molecule has 0 amide bonds. The van der Waals surface area contributed by atoms with Gasteiger partial charge in [-0.2, -0.15) is 18.3 Å². The van der Waals surface area contributed by atoms with E-state index in [-0.39, 0.29) is 0 Å². The van der Waals surface area contributed by atoms with E-state index in [1.54, 1.807) is 17.8 Å². The number of nitrogens with zero attached hydrogens (tertiary/aromatic N) is 3. The van der Waals surface area contributed by atoms with E-state index in [1.807, 2.05) is 42.7 Å². The van der Waals surface area contributed by atoms with Gasteiger partial charge in [0.15, 0.2) is 5.65 Å². The normalized spacial score (nSPS) is 10.8. The number of fused-ring (bicyclic) bond motifs is 1. The molecular weight excluding hydrogens is 327 g/mol. The van der Waals surface area contributed by atoms with Crippen LogP contribution in [-0.2, 0) is 4.79 Å². The Balaban J connectivity index is 0.000000256. The van der Waals surface area contributed by atoms with Crippen LogP contribution in [0.1, 0.15) is 0 Å². The molecule has 0 bridgehead atoms. The Labute approximate surface area is 134 Å². The van der Waals surface area contributed by atoms with E-state index in [2.05, 4.69) is 10.1 Å². The fourth-order valence-electron chi connectivity index (χ4n) is 1.74. The summed E-state index contributed by atoms with van der Waals surface area (Å²) in [6.07, 6.45) is 0.461. The Morgan fingerprint density at radius 1 is 1.17 bits per heavy atom. The maximum Gasteiger partial charge on any atom is 0.490 e. The molecule has 9 heteroatoms. The van der Waals surface area contributed by atoms with Gasteiger partial charge in [-0.3, -0.25) is 0 Å². The average molecular weight is 339 g/mol. The third kappa shape index (κ3) is 4.22. The van der Waals surface area contributed by atoms with Crippen LogP contribution in [-0.4, -0.2) is 39.0 Å². The first-order chi connectivity index (χ1) is 11.3. The summed E-state index contributed by atoms with van der Waals surface area (Å²) >= 11 is 0. The van der Waals surface area contributed by atoms with Crippen LogP contribution in [0.15, 0.2) is 48.9 Å². The molecule has 2 aromatic heterocycles. The van der Waals surface area contributed by atoms with Gasteiger partial charge in [-0.1, -0.05) is 12.1 Å². The number of aliphatic carboxylic acids is 1. The molecule has 1 aromatic carbocycles. The number of aromatic nitrogens is 3. The van der Waals surface area contributed by atoms with Gasteiger partial charge in [0.1, 0.15) is 5.75 Å². The van der Waals surface area contributed by atoms with Crippen molar-refractivity contribution in [2.24, 2.45) is 0 Å². The molecule has 0 unspecified atom stereocenters. The number of hydrogen-bond acceptors (Lipinski definition) is 4.